The summed E-state index contributed by atoms with van der Waals surface area (Å²) in [6.07, 6.45) is 2.52. The highest BCUT2D eigenvalue weighted by molar-refractivity contribution is 8.01. The average molecular weight is 440 g/mol. The molecular formula is C24H25NO3S2. The Balaban J connectivity index is 1.87. The topological polar surface area (TPSA) is 66.4 Å². The molecule has 0 fully saturated rings. The number of benzene rings is 2. The Morgan fingerprint density at radius 2 is 1.67 bits per heavy atom. The van der Waals surface area contributed by atoms with Crippen LogP contribution in [0.5, 0.6) is 0 Å². The van der Waals surface area contributed by atoms with Gasteiger partial charge in [-0.05, 0) is 41.7 Å². The molecule has 0 aliphatic carbocycles. The third kappa shape index (κ3) is 5.74. The zero-order valence-corrected chi connectivity index (χ0v) is 18.5. The maximum Gasteiger partial charge on any atom is 0.411 e. The standard InChI is InChI=1S/C24H25NO3S2/c1-2-10-19-20(18-14-7-4-8-15-18)21(22(26)25-24(27)28)30-23(19)29-16-9-13-17-11-5-3-6-12-17/h3-8,11-12,14-15H,2,9-10,13,16H2,1H3,(H,25,26)(H,27,28). The van der Waals surface area contributed by atoms with Crippen LogP contribution in [0.25, 0.3) is 11.1 Å². The lowest BCUT2D eigenvalue weighted by atomic mass is 9.99. The lowest BCUT2D eigenvalue weighted by Crippen LogP contribution is -2.28. The second kappa shape index (κ2) is 11.0. The number of carbonyl (C=O) groups excluding carboxylic acids is 1. The first-order valence-electron chi connectivity index (χ1n) is 10.0. The summed E-state index contributed by atoms with van der Waals surface area (Å²) in [7, 11) is 0. The van der Waals surface area contributed by atoms with Crippen LogP contribution in [0.2, 0.25) is 0 Å². The van der Waals surface area contributed by atoms with E-state index < -0.39 is 12.0 Å². The number of amides is 2. The molecule has 4 nitrogen and oxygen atoms in total. The molecule has 0 unspecified atom stereocenters. The Kier molecular flexibility index (Phi) is 8.11. The summed E-state index contributed by atoms with van der Waals surface area (Å²) < 4.78 is 1.11. The molecule has 30 heavy (non-hydrogen) atoms. The van der Waals surface area contributed by atoms with Gasteiger partial charge in [0.15, 0.2) is 0 Å². The minimum absolute atomic E-state index is 0.470. The normalized spacial score (nSPS) is 10.7. The minimum atomic E-state index is -1.33. The predicted octanol–water partition coefficient (Wildman–Crippen LogP) is 6.50. The number of aryl methyl sites for hydroxylation is 1. The van der Waals surface area contributed by atoms with E-state index in [2.05, 4.69) is 31.2 Å². The molecule has 156 valence electrons. The molecule has 0 bridgehead atoms. The van der Waals surface area contributed by atoms with Gasteiger partial charge in [-0.2, -0.15) is 0 Å². The number of imide groups is 1. The number of thioether (sulfide) groups is 1. The summed E-state index contributed by atoms with van der Waals surface area (Å²) in [5, 5.41) is 11.1. The Hall–Kier alpha value is -2.57. The highest BCUT2D eigenvalue weighted by Gasteiger charge is 2.24. The Bertz CT molecular complexity index is 984. The van der Waals surface area contributed by atoms with E-state index >= 15 is 0 Å². The number of nitrogens with one attached hydrogen (secondary N) is 1. The highest BCUT2D eigenvalue weighted by atomic mass is 32.2. The predicted molar refractivity (Wildman–Crippen MR) is 125 cm³/mol. The van der Waals surface area contributed by atoms with Crippen LogP contribution in [-0.4, -0.2) is 22.9 Å². The van der Waals surface area contributed by atoms with E-state index in [0.29, 0.717) is 4.88 Å². The van der Waals surface area contributed by atoms with Crippen molar-refractivity contribution < 1.29 is 14.7 Å². The third-order valence-corrected chi connectivity index (χ3v) is 7.28. The van der Waals surface area contributed by atoms with Gasteiger partial charge in [0.2, 0.25) is 0 Å². The third-order valence-electron chi connectivity index (χ3n) is 4.64. The molecule has 0 radical (unpaired) electrons. The van der Waals surface area contributed by atoms with Crippen molar-refractivity contribution in [3.63, 3.8) is 0 Å². The summed E-state index contributed by atoms with van der Waals surface area (Å²) in [5.74, 6) is 0.389. The van der Waals surface area contributed by atoms with Crippen molar-refractivity contribution in [2.75, 3.05) is 5.75 Å². The molecule has 3 rings (SSSR count). The van der Waals surface area contributed by atoms with E-state index in [1.807, 2.05) is 41.7 Å². The maximum absolute atomic E-state index is 12.6. The number of hydrogen-bond donors (Lipinski definition) is 2. The van der Waals surface area contributed by atoms with Crippen molar-refractivity contribution in [2.24, 2.45) is 0 Å². The van der Waals surface area contributed by atoms with E-state index in [0.717, 1.165) is 52.3 Å². The molecule has 2 amide bonds. The summed E-state index contributed by atoms with van der Waals surface area (Å²) in [5.41, 5.74) is 4.29. The Morgan fingerprint density at radius 1 is 1.00 bits per heavy atom. The van der Waals surface area contributed by atoms with Gasteiger partial charge >= 0.3 is 6.09 Å². The molecule has 6 heteroatoms. The maximum atomic E-state index is 12.6. The summed E-state index contributed by atoms with van der Waals surface area (Å²) in [6, 6.07) is 20.2. The number of carboxylic acid groups (broad SMARTS) is 1. The molecule has 0 saturated heterocycles. The molecule has 2 aromatic carbocycles. The van der Waals surface area contributed by atoms with Gasteiger partial charge in [-0.25, -0.2) is 4.79 Å². The van der Waals surface area contributed by atoms with Crippen LogP contribution in [0.15, 0.2) is 64.9 Å². The number of carbonyl (C=O) groups is 2. The van der Waals surface area contributed by atoms with Gasteiger partial charge < -0.3 is 5.11 Å². The van der Waals surface area contributed by atoms with Gasteiger partial charge in [0, 0.05) is 5.56 Å². The number of hydrogen-bond acceptors (Lipinski definition) is 4. The fraction of sp³-hybridized carbons (Fsp3) is 0.250. The number of rotatable bonds is 9. The van der Waals surface area contributed by atoms with Crippen molar-refractivity contribution in [3.8, 4) is 11.1 Å². The quantitative estimate of drug-likeness (QED) is 0.295. The second-order valence-corrected chi connectivity index (χ2v) is 9.27. The Morgan fingerprint density at radius 3 is 2.30 bits per heavy atom. The number of thiophene rings is 1. The van der Waals surface area contributed by atoms with E-state index in [4.69, 9.17) is 5.11 Å². The Labute approximate surface area is 185 Å². The molecule has 3 aromatic rings. The van der Waals surface area contributed by atoms with Crippen molar-refractivity contribution in [3.05, 3.63) is 76.7 Å². The van der Waals surface area contributed by atoms with Crippen LogP contribution in [0.3, 0.4) is 0 Å². The van der Waals surface area contributed by atoms with Crippen LogP contribution >= 0.6 is 23.1 Å². The monoisotopic (exact) mass is 439 g/mol. The van der Waals surface area contributed by atoms with E-state index in [-0.39, 0.29) is 0 Å². The van der Waals surface area contributed by atoms with E-state index in [9.17, 15) is 9.59 Å². The van der Waals surface area contributed by atoms with E-state index in [1.54, 1.807) is 11.8 Å². The minimum Gasteiger partial charge on any atom is -0.465 e. The van der Waals surface area contributed by atoms with Crippen LogP contribution < -0.4 is 5.32 Å². The lowest BCUT2D eigenvalue weighted by molar-refractivity contribution is 0.0952. The molecular weight excluding hydrogens is 414 g/mol. The fourth-order valence-electron chi connectivity index (χ4n) is 3.35. The largest absolute Gasteiger partial charge is 0.465 e. The summed E-state index contributed by atoms with van der Waals surface area (Å²) in [6.45, 7) is 2.12. The van der Waals surface area contributed by atoms with Crippen molar-refractivity contribution in [1.29, 1.82) is 0 Å². The first-order chi connectivity index (χ1) is 14.6. The SMILES string of the molecule is CCCc1c(SCCCc2ccccc2)sc(C(=O)NC(=O)O)c1-c1ccccc1. The zero-order valence-electron chi connectivity index (χ0n) is 16.9. The van der Waals surface area contributed by atoms with Crippen LogP contribution in [0, 0.1) is 0 Å². The molecule has 2 N–H and O–H groups in total. The van der Waals surface area contributed by atoms with E-state index in [1.165, 1.54) is 16.9 Å². The van der Waals surface area contributed by atoms with Gasteiger partial charge in [-0.1, -0.05) is 74.0 Å². The van der Waals surface area contributed by atoms with Gasteiger partial charge in [-0.15, -0.1) is 23.1 Å². The van der Waals surface area contributed by atoms with Gasteiger partial charge in [-0.3, -0.25) is 10.1 Å². The smallest absolute Gasteiger partial charge is 0.411 e. The van der Waals surface area contributed by atoms with Crippen molar-refractivity contribution in [2.45, 2.75) is 36.8 Å². The van der Waals surface area contributed by atoms with Crippen LogP contribution in [-0.2, 0) is 12.8 Å². The molecule has 0 spiro atoms. The summed E-state index contributed by atoms with van der Waals surface area (Å²) in [4.78, 5) is 24.2. The first kappa shape index (κ1) is 22.1. The van der Waals surface area contributed by atoms with Crippen molar-refractivity contribution in [1.82, 2.24) is 5.32 Å². The fourth-order valence-corrected chi connectivity index (χ4v) is 5.94. The molecule has 0 aliphatic heterocycles. The summed E-state index contributed by atoms with van der Waals surface area (Å²) >= 11 is 3.17. The molecule has 0 aliphatic rings. The van der Waals surface area contributed by atoms with Crippen molar-refractivity contribution >= 4 is 35.1 Å². The lowest BCUT2D eigenvalue weighted by Gasteiger charge is -2.08. The zero-order chi connectivity index (χ0) is 21.3. The van der Waals surface area contributed by atoms with Crippen LogP contribution in [0.1, 0.15) is 40.6 Å². The molecule has 0 saturated carbocycles. The van der Waals surface area contributed by atoms with Gasteiger partial charge in [0.1, 0.15) is 4.88 Å². The average Bonchev–Trinajstić information content (AvgIpc) is 3.11. The second-order valence-electron chi connectivity index (χ2n) is 6.89. The molecule has 1 aromatic heterocycles. The van der Waals surface area contributed by atoms with Gasteiger partial charge in [0.25, 0.3) is 5.91 Å². The first-order valence-corrected chi connectivity index (χ1v) is 11.8. The molecule has 1 heterocycles. The molecule has 0 atom stereocenters. The van der Waals surface area contributed by atoms with Crippen LogP contribution in [0.4, 0.5) is 4.79 Å². The highest BCUT2D eigenvalue weighted by Crippen LogP contribution is 2.43. The van der Waals surface area contributed by atoms with Gasteiger partial charge in [0.05, 0.1) is 4.21 Å².